The zero-order valence-corrected chi connectivity index (χ0v) is 15.8. The summed E-state index contributed by atoms with van der Waals surface area (Å²) in [6.07, 6.45) is 4.53. The number of amides is 2. The highest BCUT2D eigenvalue weighted by atomic mass is 35.5. The predicted octanol–water partition coefficient (Wildman–Crippen LogP) is 0.666. The second kappa shape index (κ2) is 12.5. The summed E-state index contributed by atoms with van der Waals surface area (Å²) < 4.78 is 0. The number of rotatable bonds is 7. The maximum absolute atomic E-state index is 12.2. The Balaban J connectivity index is 0.00000264. The van der Waals surface area contributed by atoms with Gasteiger partial charge in [-0.1, -0.05) is 6.08 Å². The first-order valence-electron chi connectivity index (χ1n) is 8.27. The van der Waals surface area contributed by atoms with Crippen LogP contribution in [-0.4, -0.2) is 74.0 Å². The molecule has 0 aliphatic carbocycles. The fourth-order valence-corrected chi connectivity index (χ4v) is 3.05. The van der Waals surface area contributed by atoms with Crippen LogP contribution in [0.1, 0.15) is 19.3 Å². The number of hydrogen-bond donors (Lipinski definition) is 2. The van der Waals surface area contributed by atoms with Gasteiger partial charge in [0.05, 0.1) is 6.54 Å². The summed E-state index contributed by atoms with van der Waals surface area (Å²) in [6, 6.07) is 0. The van der Waals surface area contributed by atoms with Crippen molar-refractivity contribution in [3.8, 4) is 0 Å². The molecule has 8 heteroatoms. The Morgan fingerprint density at radius 3 is 2.50 bits per heavy atom. The molecule has 2 heterocycles. The molecule has 2 rings (SSSR count). The lowest BCUT2D eigenvalue weighted by Crippen LogP contribution is -2.51. The Bertz CT molecular complexity index is 396. The van der Waals surface area contributed by atoms with Crippen LogP contribution in [-0.2, 0) is 9.59 Å². The SMILES string of the molecule is C=CCNC(=O)CN1CCN(C(=O)CCC2CCNC2)CC1.Cl.Cl. The smallest absolute Gasteiger partial charge is 0.234 e. The number of carbonyl (C=O) groups is 2. The molecule has 2 amide bonds. The van der Waals surface area contributed by atoms with Crippen molar-refractivity contribution in [2.45, 2.75) is 19.3 Å². The standard InChI is InChI=1S/C16H28N4O2.2ClH/c1-2-6-18-15(21)13-19-8-10-20(11-9-19)16(22)4-3-14-5-7-17-12-14;;/h2,14,17H,1,3-13H2,(H,18,21);2*1H. The van der Waals surface area contributed by atoms with E-state index in [-0.39, 0.29) is 36.6 Å². The van der Waals surface area contributed by atoms with Crippen LogP contribution in [0.2, 0.25) is 0 Å². The molecule has 0 bridgehead atoms. The molecule has 0 aromatic rings. The molecular formula is C16H30Cl2N4O2. The lowest BCUT2D eigenvalue weighted by molar-refractivity contribution is -0.133. The van der Waals surface area contributed by atoms with Crippen LogP contribution >= 0.6 is 24.8 Å². The largest absolute Gasteiger partial charge is 0.352 e. The van der Waals surface area contributed by atoms with Gasteiger partial charge in [-0.15, -0.1) is 31.4 Å². The molecule has 0 spiro atoms. The normalized spacial score (nSPS) is 20.7. The van der Waals surface area contributed by atoms with Gasteiger partial charge in [0.1, 0.15) is 0 Å². The molecule has 2 N–H and O–H groups in total. The lowest BCUT2D eigenvalue weighted by Gasteiger charge is -2.34. The van der Waals surface area contributed by atoms with Crippen molar-refractivity contribution < 1.29 is 9.59 Å². The first kappa shape index (κ1) is 23.2. The average molecular weight is 381 g/mol. The number of nitrogens with zero attached hydrogens (tertiary/aromatic N) is 2. The summed E-state index contributed by atoms with van der Waals surface area (Å²) in [4.78, 5) is 27.9. The van der Waals surface area contributed by atoms with Crippen LogP contribution in [0.5, 0.6) is 0 Å². The van der Waals surface area contributed by atoms with E-state index in [9.17, 15) is 9.59 Å². The van der Waals surface area contributed by atoms with Gasteiger partial charge in [-0.05, 0) is 31.8 Å². The van der Waals surface area contributed by atoms with Crippen LogP contribution in [0.15, 0.2) is 12.7 Å². The number of nitrogens with one attached hydrogen (secondary N) is 2. The van der Waals surface area contributed by atoms with Crippen LogP contribution < -0.4 is 10.6 Å². The molecule has 0 aromatic heterocycles. The summed E-state index contributed by atoms with van der Waals surface area (Å²) in [6.45, 7) is 9.65. The topological polar surface area (TPSA) is 64.7 Å². The van der Waals surface area contributed by atoms with E-state index in [1.54, 1.807) is 6.08 Å². The molecular weight excluding hydrogens is 351 g/mol. The monoisotopic (exact) mass is 380 g/mol. The van der Waals surface area contributed by atoms with E-state index in [0.717, 1.165) is 45.7 Å². The molecule has 2 aliphatic rings. The van der Waals surface area contributed by atoms with E-state index in [1.807, 2.05) is 4.90 Å². The fraction of sp³-hybridized carbons (Fsp3) is 0.750. The maximum atomic E-state index is 12.2. The summed E-state index contributed by atoms with van der Waals surface area (Å²) >= 11 is 0. The van der Waals surface area contributed by atoms with Crippen molar-refractivity contribution in [3.05, 3.63) is 12.7 Å². The van der Waals surface area contributed by atoms with Crippen LogP contribution in [0.3, 0.4) is 0 Å². The van der Waals surface area contributed by atoms with Crippen LogP contribution in [0.25, 0.3) is 0 Å². The van der Waals surface area contributed by atoms with Gasteiger partial charge < -0.3 is 15.5 Å². The predicted molar refractivity (Wildman–Crippen MR) is 101 cm³/mol. The van der Waals surface area contributed by atoms with Crippen molar-refractivity contribution in [1.29, 1.82) is 0 Å². The van der Waals surface area contributed by atoms with Crippen molar-refractivity contribution in [1.82, 2.24) is 20.4 Å². The van der Waals surface area contributed by atoms with Gasteiger partial charge in [0, 0.05) is 39.1 Å². The van der Waals surface area contributed by atoms with E-state index >= 15 is 0 Å². The summed E-state index contributed by atoms with van der Waals surface area (Å²) in [5, 5.41) is 6.12. The molecule has 0 saturated carbocycles. The zero-order chi connectivity index (χ0) is 15.8. The summed E-state index contributed by atoms with van der Waals surface area (Å²) in [5.74, 6) is 0.954. The van der Waals surface area contributed by atoms with Crippen molar-refractivity contribution >= 4 is 36.6 Å². The van der Waals surface area contributed by atoms with Crippen molar-refractivity contribution in [2.24, 2.45) is 5.92 Å². The molecule has 2 fully saturated rings. The van der Waals surface area contributed by atoms with Gasteiger partial charge in [-0.2, -0.15) is 0 Å². The molecule has 1 atom stereocenters. The molecule has 0 radical (unpaired) electrons. The highest BCUT2D eigenvalue weighted by molar-refractivity contribution is 5.85. The second-order valence-electron chi connectivity index (χ2n) is 6.15. The van der Waals surface area contributed by atoms with Crippen molar-refractivity contribution in [3.63, 3.8) is 0 Å². The third-order valence-corrected chi connectivity index (χ3v) is 4.46. The average Bonchev–Trinajstić information content (AvgIpc) is 3.05. The number of carbonyl (C=O) groups excluding carboxylic acids is 2. The van der Waals surface area contributed by atoms with Gasteiger partial charge in [0.15, 0.2) is 0 Å². The Morgan fingerprint density at radius 2 is 1.92 bits per heavy atom. The molecule has 1 unspecified atom stereocenters. The van der Waals surface area contributed by atoms with E-state index in [2.05, 4.69) is 22.1 Å². The van der Waals surface area contributed by atoms with Crippen LogP contribution in [0, 0.1) is 5.92 Å². The number of piperazine rings is 1. The van der Waals surface area contributed by atoms with Crippen LogP contribution in [0.4, 0.5) is 0 Å². The third-order valence-electron chi connectivity index (χ3n) is 4.46. The van der Waals surface area contributed by atoms with E-state index in [4.69, 9.17) is 0 Å². The van der Waals surface area contributed by atoms with Gasteiger partial charge in [0.25, 0.3) is 0 Å². The minimum absolute atomic E-state index is 0. The molecule has 0 aromatic carbocycles. The quantitative estimate of drug-likeness (QED) is 0.637. The van der Waals surface area contributed by atoms with Gasteiger partial charge in [-0.3, -0.25) is 14.5 Å². The number of halogens is 2. The summed E-state index contributed by atoms with van der Waals surface area (Å²) in [5.41, 5.74) is 0. The first-order chi connectivity index (χ1) is 10.7. The van der Waals surface area contributed by atoms with Gasteiger partial charge in [0.2, 0.25) is 11.8 Å². The lowest BCUT2D eigenvalue weighted by atomic mass is 10.0. The Morgan fingerprint density at radius 1 is 1.21 bits per heavy atom. The van der Waals surface area contributed by atoms with Gasteiger partial charge >= 0.3 is 0 Å². The van der Waals surface area contributed by atoms with E-state index in [1.165, 1.54) is 6.42 Å². The molecule has 2 saturated heterocycles. The second-order valence-corrected chi connectivity index (χ2v) is 6.15. The fourth-order valence-electron chi connectivity index (χ4n) is 3.05. The highest BCUT2D eigenvalue weighted by Crippen LogP contribution is 2.15. The minimum atomic E-state index is 0. The molecule has 24 heavy (non-hydrogen) atoms. The Labute approximate surface area is 157 Å². The number of hydrogen-bond acceptors (Lipinski definition) is 4. The molecule has 140 valence electrons. The third kappa shape index (κ3) is 7.83. The summed E-state index contributed by atoms with van der Waals surface area (Å²) in [7, 11) is 0. The Kier molecular flexibility index (Phi) is 12.1. The Hall–Kier alpha value is -0.820. The molecule has 2 aliphatic heterocycles. The zero-order valence-electron chi connectivity index (χ0n) is 14.2. The van der Waals surface area contributed by atoms with Gasteiger partial charge in [-0.25, -0.2) is 0 Å². The minimum Gasteiger partial charge on any atom is -0.352 e. The maximum Gasteiger partial charge on any atom is 0.234 e. The van der Waals surface area contributed by atoms with E-state index in [0.29, 0.717) is 25.4 Å². The highest BCUT2D eigenvalue weighted by Gasteiger charge is 2.23. The molecule has 6 nitrogen and oxygen atoms in total. The van der Waals surface area contributed by atoms with E-state index < -0.39 is 0 Å². The first-order valence-corrected chi connectivity index (χ1v) is 8.27. The van der Waals surface area contributed by atoms with Crippen molar-refractivity contribution in [2.75, 3.05) is 52.4 Å².